The first-order valence-electron chi connectivity index (χ1n) is 5.62. The third-order valence-corrected chi connectivity index (χ3v) is 2.53. The molecule has 0 spiro atoms. The Bertz CT molecular complexity index is 521. The molecule has 17 heavy (non-hydrogen) atoms. The minimum Gasteiger partial charge on any atom is -0.463 e. The van der Waals surface area contributed by atoms with E-state index in [1.165, 1.54) is 6.92 Å². The molecule has 5 heteroatoms. The van der Waals surface area contributed by atoms with Crippen LogP contribution in [0.2, 0.25) is 0 Å². The Morgan fingerprint density at radius 2 is 2.24 bits per heavy atom. The monoisotopic (exact) mass is 233 g/mol. The van der Waals surface area contributed by atoms with Crippen molar-refractivity contribution in [2.75, 3.05) is 0 Å². The van der Waals surface area contributed by atoms with E-state index in [2.05, 4.69) is 10.3 Å². The zero-order valence-electron chi connectivity index (χ0n) is 9.96. The van der Waals surface area contributed by atoms with Gasteiger partial charge < -0.3 is 4.74 Å². The van der Waals surface area contributed by atoms with Crippen LogP contribution in [0, 0.1) is 0 Å². The Hall–Kier alpha value is -1.91. The minimum absolute atomic E-state index is 0.101. The van der Waals surface area contributed by atoms with Crippen LogP contribution in [0.1, 0.15) is 20.3 Å². The maximum absolute atomic E-state index is 10.8. The first-order chi connectivity index (χ1) is 8.16. The van der Waals surface area contributed by atoms with Gasteiger partial charge in [-0.1, -0.05) is 17.3 Å². The second kappa shape index (κ2) is 4.95. The first-order valence-corrected chi connectivity index (χ1v) is 5.62. The third-order valence-electron chi connectivity index (χ3n) is 2.53. The SMILES string of the molecule is CC(=O)O[C@H](C)CCn1nnc2ccccc21. The Morgan fingerprint density at radius 3 is 3.00 bits per heavy atom. The average molecular weight is 233 g/mol. The van der Waals surface area contributed by atoms with Gasteiger partial charge in [0.25, 0.3) is 0 Å². The molecule has 0 amide bonds. The van der Waals surface area contributed by atoms with Crippen molar-refractivity contribution in [2.45, 2.75) is 32.9 Å². The summed E-state index contributed by atoms with van der Waals surface area (Å²) >= 11 is 0. The molecule has 1 aromatic carbocycles. The van der Waals surface area contributed by atoms with Crippen molar-refractivity contribution in [1.82, 2.24) is 15.0 Å². The van der Waals surface area contributed by atoms with Gasteiger partial charge in [-0.3, -0.25) is 4.79 Å². The Morgan fingerprint density at radius 1 is 1.47 bits per heavy atom. The van der Waals surface area contributed by atoms with Crippen molar-refractivity contribution in [3.63, 3.8) is 0 Å². The molecule has 0 saturated heterocycles. The lowest BCUT2D eigenvalue weighted by Gasteiger charge is -2.11. The standard InChI is InChI=1S/C12H15N3O2/c1-9(17-10(2)16)7-8-15-12-6-4-3-5-11(12)13-14-15/h3-6,9H,7-8H2,1-2H3/t9-/m1/s1. The predicted octanol–water partition coefficient (Wildman–Crippen LogP) is 1.77. The molecule has 0 aliphatic carbocycles. The predicted molar refractivity (Wildman–Crippen MR) is 63.4 cm³/mol. The number of hydrogen-bond donors (Lipinski definition) is 0. The summed E-state index contributed by atoms with van der Waals surface area (Å²) in [6, 6.07) is 7.79. The van der Waals surface area contributed by atoms with Crippen LogP contribution in [-0.4, -0.2) is 27.1 Å². The van der Waals surface area contributed by atoms with Crippen LogP contribution in [-0.2, 0) is 16.1 Å². The van der Waals surface area contributed by atoms with Gasteiger partial charge in [0.15, 0.2) is 0 Å². The number of fused-ring (bicyclic) bond motifs is 1. The second-order valence-electron chi connectivity index (χ2n) is 4.01. The van der Waals surface area contributed by atoms with Gasteiger partial charge >= 0.3 is 5.97 Å². The second-order valence-corrected chi connectivity index (χ2v) is 4.01. The number of benzene rings is 1. The molecule has 2 rings (SSSR count). The van der Waals surface area contributed by atoms with E-state index in [-0.39, 0.29) is 12.1 Å². The molecular formula is C12H15N3O2. The Kier molecular flexibility index (Phi) is 3.37. The molecule has 0 bridgehead atoms. The van der Waals surface area contributed by atoms with E-state index in [4.69, 9.17) is 4.74 Å². The van der Waals surface area contributed by atoms with Crippen molar-refractivity contribution in [3.8, 4) is 0 Å². The van der Waals surface area contributed by atoms with E-state index < -0.39 is 0 Å². The van der Waals surface area contributed by atoms with Crippen molar-refractivity contribution in [1.29, 1.82) is 0 Å². The van der Waals surface area contributed by atoms with Crippen molar-refractivity contribution in [2.24, 2.45) is 0 Å². The molecule has 1 atom stereocenters. The summed E-state index contributed by atoms with van der Waals surface area (Å²) in [7, 11) is 0. The van der Waals surface area contributed by atoms with Gasteiger partial charge in [0.1, 0.15) is 11.6 Å². The molecule has 2 aromatic rings. The van der Waals surface area contributed by atoms with Gasteiger partial charge in [-0.05, 0) is 19.1 Å². The topological polar surface area (TPSA) is 57.0 Å². The minimum atomic E-state index is -0.249. The Labute approximate surface area is 99.4 Å². The first kappa shape index (κ1) is 11.6. The molecule has 0 radical (unpaired) electrons. The normalized spacial score (nSPS) is 12.6. The quantitative estimate of drug-likeness (QED) is 0.755. The van der Waals surface area contributed by atoms with Gasteiger partial charge in [-0.15, -0.1) is 5.10 Å². The summed E-state index contributed by atoms with van der Waals surface area (Å²) in [6.45, 7) is 3.98. The Balaban J connectivity index is 2.02. The maximum Gasteiger partial charge on any atom is 0.302 e. The van der Waals surface area contributed by atoms with E-state index in [1.54, 1.807) is 0 Å². The summed E-state index contributed by atoms with van der Waals surface area (Å²) in [5.41, 5.74) is 1.88. The molecule has 0 fully saturated rings. The highest BCUT2D eigenvalue weighted by Gasteiger charge is 2.08. The zero-order chi connectivity index (χ0) is 12.3. The van der Waals surface area contributed by atoms with Crippen LogP contribution in [0.5, 0.6) is 0 Å². The fourth-order valence-corrected chi connectivity index (χ4v) is 1.73. The lowest BCUT2D eigenvalue weighted by atomic mass is 10.2. The number of carbonyl (C=O) groups excluding carboxylic acids is 1. The van der Waals surface area contributed by atoms with Crippen LogP contribution >= 0.6 is 0 Å². The van der Waals surface area contributed by atoms with Crippen molar-refractivity contribution >= 4 is 17.0 Å². The van der Waals surface area contributed by atoms with E-state index >= 15 is 0 Å². The van der Waals surface area contributed by atoms with Gasteiger partial charge in [-0.2, -0.15) is 0 Å². The van der Waals surface area contributed by atoms with E-state index in [9.17, 15) is 4.79 Å². The molecular weight excluding hydrogens is 218 g/mol. The average Bonchev–Trinajstić information content (AvgIpc) is 2.69. The van der Waals surface area contributed by atoms with Crippen LogP contribution in [0.15, 0.2) is 24.3 Å². The number of ether oxygens (including phenoxy) is 1. The molecule has 0 N–H and O–H groups in total. The highest BCUT2D eigenvalue weighted by molar-refractivity contribution is 5.73. The summed E-state index contributed by atoms with van der Waals surface area (Å²) in [5.74, 6) is -0.249. The highest BCUT2D eigenvalue weighted by atomic mass is 16.5. The van der Waals surface area contributed by atoms with Crippen molar-refractivity contribution in [3.05, 3.63) is 24.3 Å². The molecule has 1 heterocycles. The number of nitrogens with zero attached hydrogens (tertiary/aromatic N) is 3. The number of carbonyl (C=O) groups is 1. The number of aryl methyl sites for hydroxylation is 1. The maximum atomic E-state index is 10.8. The van der Waals surface area contributed by atoms with Crippen molar-refractivity contribution < 1.29 is 9.53 Å². The molecule has 0 unspecified atom stereocenters. The highest BCUT2D eigenvalue weighted by Crippen LogP contribution is 2.11. The van der Waals surface area contributed by atoms with Crippen LogP contribution in [0.25, 0.3) is 11.0 Å². The van der Waals surface area contributed by atoms with Crippen LogP contribution < -0.4 is 0 Å². The molecule has 0 saturated carbocycles. The molecule has 0 aliphatic heterocycles. The van der Waals surface area contributed by atoms with E-state index in [0.717, 1.165) is 17.5 Å². The third kappa shape index (κ3) is 2.81. The fourth-order valence-electron chi connectivity index (χ4n) is 1.73. The molecule has 0 aliphatic rings. The summed E-state index contributed by atoms with van der Waals surface area (Å²) < 4.78 is 6.89. The van der Waals surface area contributed by atoms with Gasteiger partial charge in [0.2, 0.25) is 0 Å². The molecule has 1 aromatic heterocycles. The lowest BCUT2D eigenvalue weighted by Crippen LogP contribution is -2.15. The van der Waals surface area contributed by atoms with Crippen LogP contribution in [0.3, 0.4) is 0 Å². The molecule has 5 nitrogen and oxygen atoms in total. The van der Waals surface area contributed by atoms with Gasteiger partial charge in [-0.25, -0.2) is 4.68 Å². The number of hydrogen-bond acceptors (Lipinski definition) is 4. The van der Waals surface area contributed by atoms with Crippen LogP contribution in [0.4, 0.5) is 0 Å². The number of aromatic nitrogens is 3. The number of rotatable bonds is 4. The van der Waals surface area contributed by atoms with Gasteiger partial charge in [0, 0.05) is 19.9 Å². The summed E-state index contributed by atoms with van der Waals surface area (Å²) in [4.78, 5) is 10.8. The van der Waals surface area contributed by atoms with E-state index in [1.807, 2.05) is 35.9 Å². The molecule has 90 valence electrons. The number of esters is 1. The lowest BCUT2D eigenvalue weighted by molar-refractivity contribution is -0.145. The van der Waals surface area contributed by atoms with Gasteiger partial charge in [0.05, 0.1) is 5.52 Å². The zero-order valence-corrected chi connectivity index (χ0v) is 9.96. The van der Waals surface area contributed by atoms with E-state index in [0.29, 0.717) is 6.54 Å². The summed E-state index contributed by atoms with van der Waals surface area (Å²) in [6.07, 6.45) is 0.628. The largest absolute Gasteiger partial charge is 0.463 e. The summed E-state index contributed by atoms with van der Waals surface area (Å²) in [5, 5.41) is 8.14. The smallest absolute Gasteiger partial charge is 0.302 e. The number of para-hydroxylation sites is 1. The fraction of sp³-hybridized carbons (Fsp3) is 0.417.